The van der Waals surface area contributed by atoms with Gasteiger partial charge in [-0.3, -0.25) is 0 Å². The van der Waals surface area contributed by atoms with Gasteiger partial charge in [0.25, 0.3) is 0 Å². The van der Waals surface area contributed by atoms with Gasteiger partial charge in [-0.25, -0.2) is 18.4 Å². The fourth-order valence-electron chi connectivity index (χ4n) is 2.07. The van der Waals surface area contributed by atoms with E-state index >= 15 is 0 Å². The fourth-order valence-corrected chi connectivity index (χ4v) is 2.99. The first kappa shape index (κ1) is 15.3. The third-order valence-electron chi connectivity index (χ3n) is 3.30. The van der Waals surface area contributed by atoms with Crippen LogP contribution in [0.2, 0.25) is 0 Å². The first-order valence-corrected chi connectivity index (χ1v) is 8.91. The number of hydrogen-bond acceptors (Lipinski definition) is 4. The molecule has 0 N–H and O–H groups in total. The Kier molecular flexibility index (Phi) is 4.65. The van der Waals surface area contributed by atoms with E-state index in [9.17, 15) is 8.42 Å². The van der Waals surface area contributed by atoms with Crippen LogP contribution in [0, 0.1) is 6.92 Å². The molecule has 0 amide bonds. The average molecular weight is 316 g/mol. The molecule has 0 saturated heterocycles. The Morgan fingerprint density at radius 3 is 2.80 bits per heavy atom. The Balaban J connectivity index is 2.44. The van der Waals surface area contributed by atoms with Crippen molar-refractivity contribution in [2.45, 2.75) is 26.8 Å². The van der Waals surface area contributed by atoms with E-state index in [0.717, 1.165) is 22.6 Å². The molecule has 0 aliphatic carbocycles. The van der Waals surface area contributed by atoms with Gasteiger partial charge >= 0.3 is 0 Å². The molecule has 7 heteroatoms. The predicted octanol–water partition coefficient (Wildman–Crippen LogP) is 1.96. The van der Waals surface area contributed by atoms with Crippen LogP contribution in [0.4, 0.5) is 0 Å². The SMILES string of the molecule is CCS(=O)(=O)CCn1c(CCCl)nc2c(C)ccnc21. The lowest BCUT2D eigenvalue weighted by Gasteiger charge is -2.07. The number of pyridine rings is 1. The molecule has 2 aromatic heterocycles. The van der Waals surface area contributed by atoms with Crippen LogP contribution in [0.3, 0.4) is 0 Å². The van der Waals surface area contributed by atoms with Crippen molar-refractivity contribution in [3.8, 4) is 0 Å². The number of fused-ring (bicyclic) bond motifs is 1. The molecule has 0 saturated carbocycles. The number of aromatic nitrogens is 3. The summed E-state index contributed by atoms with van der Waals surface area (Å²) in [7, 11) is -3.02. The molecule has 2 rings (SSSR count). The van der Waals surface area contributed by atoms with Crippen LogP contribution in [0.15, 0.2) is 12.3 Å². The Morgan fingerprint density at radius 2 is 2.15 bits per heavy atom. The highest BCUT2D eigenvalue weighted by atomic mass is 35.5. The largest absolute Gasteiger partial charge is 0.312 e. The fraction of sp³-hybridized carbons (Fsp3) is 0.538. The zero-order chi connectivity index (χ0) is 14.8. The smallest absolute Gasteiger partial charge is 0.160 e. The lowest BCUT2D eigenvalue weighted by molar-refractivity contribution is 0.589. The molecule has 110 valence electrons. The summed E-state index contributed by atoms with van der Waals surface area (Å²) in [5.41, 5.74) is 2.58. The monoisotopic (exact) mass is 315 g/mol. The van der Waals surface area contributed by atoms with Gasteiger partial charge in [-0.15, -0.1) is 11.6 Å². The molecule has 0 spiro atoms. The molecule has 0 aliphatic rings. The van der Waals surface area contributed by atoms with E-state index in [0.29, 0.717) is 18.8 Å². The van der Waals surface area contributed by atoms with Gasteiger partial charge in [0.2, 0.25) is 0 Å². The Hall–Kier alpha value is -1.14. The Labute approximate surface area is 123 Å². The summed E-state index contributed by atoms with van der Waals surface area (Å²) in [5.74, 6) is 1.49. The van der Waals surface area contributed by atoms with E-state index < -0.39 is 9.84 Å². The van der Waals surface area contributed by atoms with Crippen molar-refractivity contribution >= 4 is 32.6 Å². The van der Waals surface area contributed by atoms with Crippen LogP contribution in [0.5, 0.6) is 0 Å². The van der Waals surface area contributed by atoms with Gasteiger partial charge in [0.05, 0.1) is 5.75 Å². The lowest BCUT2D eigenvalue weighted by Crippen LogP contribution is -2.16. The van der Waals surface area contributed by atoms with Gasteiger partial charge in [-0.1, -0.05) is 6.92 Å². The van der Waals surface area contributed by atoms with Crippen LogP contribution < -0.4 is 0 Å². The van der Waals surface area contributed by atoms with E-state index in [4.69, 9.17) is 11.6 Å². The molecular weight excluding hydrogens is 298 g/mol. The topological polar surface area (TPSA) is 64.8 Å². The summed E-state index contributed by atoms with van der Waals surface area (Å²) in [6.45, 7) is 3.99. The maximum atomic E-state index is 11.7. The summed E-state index contributed by atoms with van der Waals surface area (Å²) >= 11 is 5.80. The third-order valence-corrected chi connectivity index (χ3v) is 5.17. The second kappa shape index (κ2) is 6.10. The van der Waals surface area contributed by atoms with E-state index in [1.807, 2.05) is 17.6 Å². The van der Waals surface area contributed by atoms with Gasteiger partial charge in [0, 0.05) is 30.8 Å². The van der Waals surface area contributed by atoms with E-state index in [-0.39, 0.29) is 11.5 Å². The van der Waals surface area contributed by atoms with Gasteiger partial charge in [-0.05, 0) is 18.6 Å². The molecule has 0 radical (unpaired) electrons. The highest BCUT2D eigenvalue weighted by Gasteiger charge is 2.15. The van der Waals surface area contributed by atoms with Crippen LogP contribution in [0.1, 0.15) is 18.3 Å². The number of aryl methyl sites for hydroxylation is 3. The molecule has 2 aromatic rings. The molecule has 0 aliphatic heterocycles. The lowest BCUT2D eigenvalue weighted by atomic mass is 10.3. The highest BCUT2D eigenvalue weighted by Crippen LogP contribution is 2.18. The van der Waals surface area contributed by atoms with Gasteiger partial charge in [0.1, 0.15) is 11.3 Å². The molecule has 2 heterocycles. The minimum Gasteiger partial charge on any atom is -0.312 e. The number of hydrogen-bond donors (Lipinski definition) is 0. The number of imidazole rings is 1. The summed E-state index contributed by atoms with van der Waals surface area (Å²) < 4.78 is 25.2. The zero-order valence-corrected chi connectivity index (χ0v) is 13.2. The third kappa shape index (κ3) is 3.12. The molecular formula is C13H18ClN3O2S. The van der Waals surface area contributed by atoms with Crippen molar-refractivity contribution < 1.29 is 8.42 Å². The Morgan fingerprint density at radius 1 is 1.40 bits per heavy atom. The van der Waals surface area contributed by atoms with Crippen LogP contribution in [0.25, 0.3) is 11.2 Å². The van der Waals surface area contributed by atoms with E-state index in [1.54, 1.807) is 13.1 Å². The van der Waals surface area contributed by atoms with E-state index in [2.05, 4.69) is 9.97 Å². The van der Waals surface area contributed by atoms with Crippen molar-refractivity contribution in [2.24, 2.45) is 0 Å². The predicted molar refractivity (Wildman–Crippen MR) is 81.0 cm³/mol. The molecule has 0 atom stereocenters. The second-order valence-electron chi connectivity index (χ2n) is 4.66. The maximum Gasteiger partial charge on any atom is 0.160 e. The van der Waals surface area contributed by atoms with Crippen molar-refractivity contribution in [1.29, 1.82) is 0 Å². The first-order chi connectivity index (χ1) is 9.48. The quantitative estimate of drug-likeness (QED) is 0.764. The minimum absolute atomic E-state index is 0.0971. The van der Waals surface area contributed by atoms with Crippen molar-refractivity contribution in [1.82, 2.24) is 14.5 Å². The van der Waals surface area contributed by atoms with Crippen molar-refractivity contribution in [3.63, 3.8) is 0 Å². The van der Waals surface area contributed by atoms with Crippen LogP contribution >= 0.6 is 11.6 Å². The zero-order valence-electron chi connectivity index (χ0n) is 11.6. The van der Waals surface area contributed by atoms with E-state index in [1.165, 1.54) is 0 Å². The normalized spacial score (nSPS) is 12.2. The molecule has 20 heavy (non-hydrogen) atoms. The summed E-state index contributed by atoms with van der Waals surface area (Å²) in [5, 5.41) is 0. The van der Waals surface area contributed by atoms with Crippen molar-refractivity contribution in [2.75, 3.05) is 17.4 Å². The Bertz CT molecular complexity index is 710. The highest BCUT2D eigenvalue weighted by molar-refractivity contribution is 7.91. The van der Waals surface area contributed by atoms with Crippen molar-refractivity contribution in [3.05, 3.63) is 23.7 Å². The standard InChI is InChI=1S/C13H18ClN3O2S/c1-3-20(18,19)9-8-17-11(4-6-14)16-12-10(2)5-7-15-13(12)17/h5,7H,3-4,6,8-9H2,1-2H3. The number of halogens is 1. The van der Waals surface area contributed by atoms with Gasteiger partial charge < -0.3 is 4.57 Å². The van der Waals surface area contributed by atoms with Crippen LogP contribution in [-0.4, -0.2) is 40.3 Å². The number of alkyl halides is 1. The minimum atomic E-state index is -3.02. The van der Waals surface area contributed by atoms with Gasteiger partial charge in [-0.2, -0.15) is 0 Å². The summed E-state index contributed by atoms with van der Waals surface area (Å²) in [4.78, 5) is 8.88. The first-order valence-electron chi connectivity index (χ1n) is 6.55. The number of rotatable bonds is 6. The van der Waals surface area contributed by atoms with Gasteiger partial charge in [0.15, 0.2) is 15.5 Å². The maximum absolute atomic E-state index is 11.7. The van der Waals surface area contributed by atoms with Crippen LogP contribution in [-0.2, 0) is 22.8 Å². The molecule has 0 aromatic carbocycles. The molecule has 5 nitrogen and oxygen atoms in total. The molecule has 0 unspecified atom stereocenters. The number of sulfone groups is 1. The number of nitrogens with zero attached hydrogens (tertiary/aromatic N) is 3. The molecule has 0 fully saturated rings. The summed E-state index contributed by atoms with van der Waals surface area (Å²) in [6, 6.07) is 1.90. The summed E-state index contributed by atoms with van der Waals surface area (Å²) in [6.07, 6.45) is 2.32. The average Bonchev–Trinajstić information content (AvgIpc) is 2.76. The second-order valence-corrected chi connectivity index (χ2v) is 7.51. The molecule has 0 bridgehead atoms.